The van der Waals surface area contributed by atoms with Crippen molar-refractivity contribution in [2.75, 3.05) is 19.6 Å². The molecule has 2 aliphatic heterocycles. The van der Waals surface area contributed by atoms with Gasteiger partial charge in [0.25, 0.3) is 0 Å². The highest BCUT2D eigenvalue weighted by Crippen LogP contribution is 2.27. The first-order valence-corrected chi connectivity index (χ1v) is 8.78. The number of nitrogens with one attached hydrogen (secondary N) is 2. The van der Waals surface area contributed by atoms with Crippen molar-refractivity contribution in [1.82, 2.24) is 15.5 Å². The molecule has 0 bridgehead atoms. The van der Waals surface area contributed by atoms with Crippen molar-refractivity contribution < 1.29 is 9.90 Å². The minimum atomic E-state index is -0.423. The number of hydrogen-bond acceptors (Lipinski definition) is 3. The number of nitrogens with zero attached hydrogens (tertiary/aromatic N) is 1. The largest absolute Gasteiger partial charge is 0.392 e. The molecule has 2 heterocycles. The summed E-state index contributed by atoms with van der Waals surface area (Å²) in [4.78, 5) is 14.7. The van der Waals surface area contributed by atoms with Gasteiger partial charge in [0.15, 0.2) is 0 Å². The highest BCUT2D eigenvalue weighted by Gasteiger charge is 2.36. The van der Waals surface area contributed by atoms with Crippen LogP contribution in [0, 0.1) is 11.3 Å². The van der Waals surface area contributed by atoms with E-state index in [0.717, 1.165) is 13.0 Å². The SMILES string of the molecule is CC(C)[C@H](O)C(C)(C)CNC(=O)N[C@H]1CCN2CCCC[C@@H]12. The Kier molecular flexibility index (Phi) is 5.72. The molecule has 2 saturated heterocycles. The third-order valence-corrected chi connectivity index (χ3v) is 5.31. The summed E-state index contributed by atoms with van der Waals surface area (Å²) in [6.45, 7) is 10.8. The molecule has 0 aromatic rings. The second-order valence-corrected chi connectivity index (χ2v) is 8.00. The fraction of sp³-hybridized carbons (Fsp3) is 0.941. The summed E-state index contributed by atoms with van der Waals surface area (Å²) in [5, 5.41) is 16.3. The Morgan fingerprint density at radius 2 is 2.00 bits per heavy atom. The minimum absolute atomic E-state index is 0.0959. The number of hydrogen-bond donors (Lipinski definition) is 3. The predicted octanol–water partition coefficient (Wildman–Crippen LogP) is 1.96. The van der Waals surface area contributed by atoms with Gasteiger partial charge in [-0.05, 0) is 31.7 Å². The third kappa shape index (κ3) is 4.13. The predicted molar refractivity (Wildman–Crippen MR) is 88.8 cm³/mol. The van der Waals surface area contributed by atoms with Gasteiger partial charge in [-0.15, -0.1) is 0 Å². The van der Waals surface area contributed by atoms with Crippen molar-refractivity contribution in [2.45, 2.75) is 71.6 Å². The molecule has 0 spiro atoms. The highest BCUT2D eigenvalue weighted by atomic mass is 16.3. The normalized spacial score (nSPS) is 27.5. The van der Waals surface area contributed by atoms with Crippen molar-refractivity contribution in [3.05, 3.63) is 0 Å². The van der Waals surface area contributed by atoms with E-state index in [1.165, 1.54) is 25.8 Å². The highest BCUT2D eigenvalue weighted by molar-refractivity contribution is 5.74. The van der Waals surface area contributed by atoms with Crippen LogP contribution in [0.2, 0.25) is 0 Å². The summed E-state index contributed by atoms with van der Waals surface area (Å²) >= 11 is 0. The molecule has 3 N–H and O–H groups in total. The Morgan fingerprint density at radius 3 is 2.68 bits per heavy atom. The Labute approximate surface area is 134 Å². The Morgan fingerprint density at radius 1 is 1.27 bits per heavy atom. The van der Waals surface area contributed by atoms with Gasteiger partial charge in [0.1, 0.15) is 0 Å². The number of piperidine rings is 1. The van der Waals surface area contributed by atoms with E-state index in [9.17, 15) is 9.90 Å². The maximum absolute atomic E-state index is 12.2. The number of rotatable bonds is 5. The van der Waals surface area contributed by atoms with Gasteiger partial charge >= 0.3 is 6.03 Å². The van der Waals surface area contributed by atoms with Gasteiger partial charge in [-0.25, -0.2) is 4.79 Å². The Hall–Kier alpha value is -0.810. The lowest BCUT2D eigenvalue weighted by molar-refractivity contribution is 0.0151. The first-order valence-electron chi connectivity index (χ1n) is 8.78. The number of carbonyl (C=O) groups is 1. The van der Waals surface area contributed by atoms with E-state index in [0.29, 0.717) is 12.6 Å². The molecule has 2 aliphatic rings. The van der Waals surface area contributed by atoms with Crippen molar-refractivity contribution in [1.29, 1.82) is 0 Å². The summed E-state index contributed by atoms with van der Waals surface area (Å²) in [5.41, 5.74) is -0.321. The van der Waals surface area contributed by atoms with Crippen LogP contribution < -0.4 is 10.6 Å². The number of carbonyl (C=O) groups excluding carboxylic acids is 1. The van der Waals surface area contributed by atoms with Crippen LogP contribution in [0.4, 0.5) is 4.79 Å². The summed E-state index contributed by atoms with van der Waals surface area (Å²) in [6.07, 6.45) is 4.39. The quantitative estimate of drug-likeness (QED) is 0.727. The summed E-state index contributed by atoms with van der Waals surface area (Å²) in [6, 6.07) is 0.702. The molecular formula is C17H33N3O2. The molecule has 0 aliphatic carbocycles. The lowest BCUT2D eigenvalue weighted by Gasteiger charge is -2.34. The molecule has 0 aromatic heterocycles. The number of urea groups is 1. The van der Waals surface area contributed by atoms with E-state index < -0.39 is 6.10 Å². The van der Waals surface area contributed by atoms with Gasteiger partial charge in [-0.3, -0.25) is 4.90 Å². The molecule has 5 heteroatoms. The first-order chi connectivity index (χ1) is 10.3. The summed E-state index contributed by atoms with van der Waals surface area (Å²) in [7, 11) is 0. The molecule has 22 heavy (non-hydrogen) atoms. The van der Waals surface area contributed by atoms with Crippen molar-refractivity contribution in [2.24, 2.45) is 11.3 Å². The van der Waals surface area contributed by atoms with Gasteiger partial charge in [0.05, 0.1) is 6.10 Å². The smallest absolute Gasteiger partial charge is 0.315 e. The first kappa shape index (κ1) is 17.5. The molecule has 5 nitrogen and oxygen atoms in total. The molecular weight excluding hydrogens is 278 g/mol. The van der Waals surface area contributed by atoms with Crippen LogP contribution in [0.15, 0.2) is 0 Å². The fourth-order valence-electron chi connectivity index (χ4n) is 3.95. The van der Waals surface area contributed by atoms with Gasteiger partial charge in [-0.2, -0.15) is 0 Å². The number of aliphatic hydroxyl groups excluding tert-OH is 1. The summed E-state index contributed by atoms with van der Waals surface area (Å²) in [5.74, 6) is 0.186. The minimum Gasteiger partial charge on any atom is -0.392 e. The number of fused-ring (bicyclic) bond motifs is 1. The van der Waals surface area contributed by atoms with Crippen LogP contribution in [0.25, 0.3) is 0 Å². The Bertz CT molecular complexity index is 384. The maximum atomic E-state index is 12.2. The fourth-order valence-corrected chi connectivity index (χ4v) is 3.95. The van der Waals surface area contributed by atoms with E-state index in [2.05, 4.69) is 15.5 Å². The van der Waals surface area contributed by atoms with Crippen LogP contribution in [-0.2, 0) is 0 Å². The van der Waals surface area contributed by atoms with Crippen molar-refractivity contribution >= 4 is 6.03 Å². The molecule has 128 valence electrons. The maximum Gasteiger partial charge on any atom is 0.315 e. The molecule has 0 radical (unpaired) electrons. The van der Waals surface area contributed by atoms with E-state index in [4.69, 9.17) is 0 Å². The topological polar surface area (TPSA) is 64.6 Å². The second kappa shape index (κ2) is 7.18. The zero-order valence-corrected chi connectivity index (χ0v) is 14.6. The molecule has 3 atom stereocenters. The average molecular weight is 311 g/mol. The third-order valence-electron chi connectivity index (χ3n) is 5.31. The van der Waals surface area contributed by atoms with E-state index in [1.54, 1.807) is 0 Å². The number of amides is 2. The van der Waals surface area contributed by atoms with Crippen molar-refractivity contribution in [3.63, 3.8) is 0 Å². The monoisotopic (exact) mass is 311 g/mol. The van der Waals surface area contributed by atoms with E-state index >= 15 is 0 Å². The standard InChI is InChI=1S/C17H33N3O2/c1-12(2)15(21)17(3,4)11-18-16(22)19-13-8-10-20-9-6-5-7-14(13)20/h12-15,21H,5-11H2,1-4H3,(H2,18,19,22)/t13-,14-,15-/m0/s1. The zero-order chi connectivity index (χ0) is 16.3. The van der Waals surface area contributed by atoms with E-state index in [1.807, 2.05) is 27.7 Å². The van der Waals surface area contributed by atoms with Gasteiger partial charge in [0, 0.05) is 30.6 Å². The molecule has 2 fully saturated rings. The van der Waals surface area contributed by atoms with Gasteiger partial charge in [0.2, 0.25) is 0 Å². The summed E-state index contributed by atoms with van der Waals surface area (Å²) < 4.78 is 0. The molecule has 0 aromatic carbocycles. The Balaban J connectivity index is 1.78. The van der Waals surface area contributed by atoms with Crippen molar-refractivity contribution in [3.8, 4) is 0 Å². The lowest BCUT2D eigenvalue weighted by Crippen LogP contribution is -2.52. The molecule has 0 unspecified atom stereocenters. The van der Waals surface area contributed by atoms with E-state index in [-0.39, 0.29) is 23.4 Å². The van der Waals surface area contributed by atoms with Crippen LogP contribution >= 0.6 is 0 Å². The molecule has 2 rings (SSSR count). The van der Waals surface area contributed by atoms with Gasteiger partial charge in [-0.1, -0.05) is 34.1 Å². The van der Waals surface area contributed by atoms with Crippen LogP contribution in [0.1, 0.15) is 53.4 Å². The second-order valence-electron chi connectivity index (χ2n) is 8.00. The van der Waals surface area contributed by atoms with Crippen LogP contribution in [0.3, 0.4) is 0 Å². The van der Waals surface area contributed by atoms with Gasteiger partial charge < -0.3 is 15.7 Å². The lowest BCUT2D eigenvalue weighted by atomic mass is 9.81. The zero-order valence-electron chi connectivity index (χ0n) is 14.6. The average Bonchev–Trinajstić information content (AvgIpc) is 2.88. The van der Waals surface area contributed by atoms with Crippen LogP contribution in [-0.4, -0.2) is 53.9 Å². The van der Waals surface area contributed by atoms with Crippen LogP contribution in [0.5, 0.6) is 0 Å². The molecule has 2 amide bonds. The molecule has 0 saturated carbocycles. The number of aliphatic hydroxyl groups is 1.